The Labute approximate surface area is 128 Å². The van der Waals surface area contributed by atoms with E-state index in [-0.39, 0.29) is 5.54 Å². The van der Waals surface area contributed by atoms with Gasteiger partial charge in [-0.2, -0.15) is 0 Å². The molecule has 1 aliphatic rings. The number of nitrogens with two attached hydrogens (primary N) is 1. The highest BCUT2D eigenvalue weighted by atomic mass is 79.9. The molecule has 0 saturated heterocycles. The zero-order valence-electron chi connectivity index (χ0n) is 11.1. The maximum atomic E-state index is 6.02. The largest absolute Gasteiger partial charge is 0.381 e. The lowest BCUT2D eigenvalue weighted by molar-refractivity contribution is 0.0483. The second-order valence-electron chi connectivity index (χ2n) is 5.19. The summed E-state index contributed by atoms with van der Waals surface area (Å²) < 4.78 is 6.40. The number of rotatable bonds is 4. The van der Waals surface area contributed by atoms with Crippen LogP contribution in [0, 0.1) is 0 Å². The molecule has 1 fully saturated rings. The van der Waals surface area contributed by atoms with Gasteiger partial charge in [0.2, 0.25) is 0 Å². The minimum Gasteiger partial charge on any atom is -0.381 e. The average molecular weight is 348 g/mol. The van der Waals surface area contributed by atoms with Crippen molar-refractivity contribution in [2.75, 3.05) is 19.0 Å². The van der Waals surface area contributed by atoms with Gasteiger partial charge < -0.3 is 15.8 Å². The minimum atomic E-state index is -0.0772. The molecule has 1 aromatic carbocycles. The first kappa shape index (κ1) is 15.1. The summed E-state index contributed by atoms with van der Waals surface area (Å²) in [6, 6.07) is 5.87. The summed E-state index contributed by atoms with van der Waals surface area (Å²) >= 11 is 9.47. The predicted molar refractivity (Wildman–Crippen MR) is 83.8 cm³/mol. The molecule has 0 aromatic heterocycles. The van der Waals surface area contributed by atoms with Crippen LogP contribution in [0.2, 0.25) is 5.02 Å². The molecule has 1 aromatic rings. The molecule has 0 bridgehead atoms. The van der Waals surface area contributed by atoms with Crippen LogP contribution in [0.15, 0.2) is 22.7 Å². The lowest BCUT2D eigenvalue weighted by Crippen LogP contribution is -2.50. The Morgan fingerprint density at radius 2 is 2.37 bits per heavy atom. The average Bonchev–Trinajstić information content (AvgIpc) is 2.43. The monoisotopic (exact) mass is 346 g/mol. The van der Waals surface area contributed by atoms with Gasteiger partial charge in [0.15, 0.2) is 0 Å². The van der Waals surface area contributed by atoms with Gasteiger partial charge in [0.05, 0.1) is 16.7 Å². The molecule has 3 nitrogen and oxygen atoms in total. The predicted octanol–water partition coefficient (Wildman–Crippen LogP) is 3.80. The molecule has 5 heteroatoms. The van der Waals surface area contributed by atoms with Crippen LogP contribution in [0.1, 0.15) is 25.7 Å². The van der Waals surface area contributed by atoms with Gasteiger partial charge in [-0.15, -0.1) is 0 Å². The van der Waals surface area contributed by atoms with Crippen molar-refractivity contribution in [3.05, 3.63) is 27.7 Å². The van der Waals surface area contributed by atoms with Crippen molar-refractivity contribution >= 4 is 33.2 Å². The molecular weight excluding hydrogens is 328 g/mol. The van der Waals surface area contributed by atoms with Crippen molar-refractivity contribution in [2.45, 2.75) is 37.3 Å². The Kier molecular flexibility index (Phi) is 5.12. The molecule has 0 aliphatic heterocycles. The van der Waals surface area contributed by atoms with E-state index >= 15 is 0 Å². The fourth-order valence-corrected chi connectivity index (χ4v) is 3.24. The number of hydrogen-bond acceptors (Lipinski definition) is 3. The number of methoxy groups -OCH3 is 1. The summed E-state index contributed by atoms with van der Waals surface area (Å²) in [7, 11) is 1.77. The molecule has 1 saturated carbocycles. The van der Waals surface area contributed by atoms with E-state index in [1.54, 1.807) is 7.11 Å². The van der Waals surface area contributed by atoms with E-state index in [4.69, 9.17) is 22.1 Å². The summed E-state index contributed by atoms with van der Waals surface area (Å²) in [4.78, 5) is 0. The summed E-state index contributed by atoms with van der Waals surface area (Å²) in [6.45, 7) is 0.604. The molecule has 0 amide bonds. The number of halogens is 2. The maximum absolute atomic E-state index is 6.02. The molecule has 2 rings (SSSR count). The third-order valence-electron chi connectivity index (χ3n) is 3.85. The van der Waals surface area contributed by atoms with Crippen molar-refractivity contribution in [3.8, 4) is 0 Å². The van der Waals surface area contributed by atoms with Gasteiger partial charge in [0, 0.05) is 23.8 Å². The number of benzene rings is 1. The van der Waals surface area contributed by atoms with E-state index in [0.717, 1.165) is 35.8 Å². The Balaban J connectivity index is 2.15. The molecule has 19 heavy (non-hydrogen) atoms. The van der Waals surface area contributed by atoms with Crippen molar-refractivity contribution in [3.63, 3.8) is 0 Å². The third kappa shape index (κ3) is 3.63. The van der Waals surface area contributed by atoms with Gasteiger partial charge in [0.1, 0.15) is 0 Å². The van der Waals surface area contributed by atoms with E-state index in [9.17, 15) is 0 Å². The molecule has 106 valence electrons. The normalized spacial score (nSPS) is 27.3. The van der Waals surface area contributed by atoms with E-state index in [0.29, 0.717) is 17.7 Å². The zero-order chi connectivity index (χ0) is 13.9. The van der Waals surface area contributed by atoms with Crippen LogP contribution in [0.25, 0.3) is 0 Å². The van der Waals surface area contributed by atoms with Crippen LogP contribution in [-0.4, -0.2) is 25.3 Å². The van der Waals surface area contributed by atoms with Crippen LogP contribution in [0.5, 0.6) is 0 Å². The Morgan fingerprint density at radius 3 is 3.00 bits per heavy atom. The zero-order valence-corrected chi connectivity index (χ0v) is 13.4. The minimum absolute atomic E-state index is 0.0772. The standard InChI is InChI=1S/C14H20BrClN2O/c1-19-11-3-2-6-14(8-11,9-17)18-10-4-5-13(16)12(15)7-10/h4-5,7,11,18H,2-3,6,8-9,17H2,1H3. The molecule has 1 aliphatic carbocycles. The van der Waals surface area contributed by atoms with Gasteiger partial charge in [-0.25, -0.2) is 0 Å². The van der Waals surface area contributed by atoms with E-state index < -0.39 is 0 Å². The summed E-state index contributed by atoms with van der Waals surface area (Å²) in [6.07, 6.45) is 4.56. The third-order valence-corrected chi connectivity index (χ3v) is 5.07. The quantitative estimate of drug-likeness (QED) is 0.871. The Bertz CT molecular complexity index is 443. The first-order chi connectivity index (χ1) is 9.08. The van der Waals surface area contributed by atoms with Crippen molar-refractivity contribution in [2.24, 2.45) is 5.73 Å². The Hall–Kier alpha value is -0.290. The molecular formula is C14H20BrClN2O. The van der Waals surface area contributed by atoms with Crippen molar-refractivity contribution < 1.29 is 4.74 Å². The Morgan fingerprint density at radius 1 is 1.58 bits per heavy atom. The first-order valence-corrected chi connectivity index (χ1v) is 7.72. The van der Waals surface area contributed by atoms with E-state index in [1.807, 2.05) is 18.2 Å². The molecule has 2 unspecified atom stereocenters. The maximum Gasteiger partial charge on any atom is 0.0594 e. The fraction of sp³-hybridized carbons (Fsp3) is 0.571. The molecule has 0 spiro atoms. The van der Waals surface area contributed by atoms with Gasteiger partial charge in [0.25, 0.3) is 0 Å². The van der Waals surface area contributed by atoms with E-state index in [1.165, 1.54) is 0 Å². The number of ether oxygens (including phenoxy) is 1. The van der Waals surface area contributed by atoms with E-state index in [2.05, 4.69) is 21.2 Å². The van der Waals surface area contributed by atoms with Crippen LogP contribution in [0.3, 0.4) is 0 Å². The summed E-state index contributed by atoms with van der Waals surface area (Å²) in [5, 5.41) is 4.30. The van der Waals surface area contributed by atoms with Crippen molar-refractivity contribution in [1.82, 2.24) is 0 Å². The van der Waals surface area contributed by atoms with Crippen LogP contribution in [-0.2, 0) is 4.74 Å². The fourth-order valence-electron chi connectivity index (χ4n) is 2.74. The van der Waals surface area contributed by atoms with Crippen LogP contribution in [0.4, 0.5) is 5.69 Å². The molecule has 3 N–H and O–H groups in total. The highest BCUT2D eigenvalue weighted by Gasteiger charge is 2.35. The topological polar surface area (TPSA) is 47.3 Å². The highest BCUT2D eigenvalue weighted by molar-refractivity contribution is 9.10. The molecule has 0 heterocycles. The van der Waals surface area contributed by atoms with Crippen LogP contribution >= 0.6 is 27.5 Å². The van der Waals surface area contributed by atoms with Gasteiger partial charge in [-0.05, 0) is 59.8 Å². The SMILES string of the molecule is COC1CCCC(CN)(Nc2ccc(Cl)c(Br)c2)C1. The molecule has 0 radical (unpaired) electrons. The number of nitrogens with one attached hydrogen (secondary N) is 1. The second-order valence-corrected chi connectivity index (χ2v) is 6.45. The summed E-state index contributed by atoms with van der Waals surface area (Å²) in [5.41, 5.74) is 6.98. The molecule has 2 atom stereocenters. The first-order valence-electron chi connectivity index (χ1n) is 6.55. The smallest absolute Gasteiger partial charge is 0.0594 e. The highest BCUT2D eigenvalue weighted by Crippen LogP contribution is 2.34. The summed E-state index contributed by atoms with van der Waals surface area (Å²) in [5.74, 6) is 0. The van der Waals surface area contributed by atoms with Crippen LogP contribution < -0.4 is 11.1 Å². The second kappa shape index (κ2) is 6.44. The van der Waals surface area contributed by atoms with Gasteiger partial charge in [-0.1, -0.05) is 11.6 Å². The van der Waals surface area contributed by atoms with Crippen molar-refractivity contribution in [1.29, 1.82) is 0 Å². The lowest BCUT2D eigenvalue weighted by Gasteiger charge is -2.41. The number of anilines is 1. The number of hydrogen-bond donors (Lipinski definition) is 2. The van der Waals surface area contributed by atoms with Gasteiger partial charge in [-0.3, -0.25) is 0 Å². The van der Waals surface area contributed by atoms with Gasteiger partial charge >= 0.3 is 0 Å². The lowest BCUT2D eigenvalue weighted by atomic mass is 9.80.